The van der Waals surface area contributed by atoms with Crippen molar-refractivity contribution in [2.75, 3.05) is 6.54 Å². The summed E-state index contributed by atoms with van der Waals surface area (Å²) in [6, 6.07) is 5.80. The van der Waals surface area contributed by atoms with Gasteiger partial charge in [0.15, 0.2) is 0 Å². The number of para-hydroxylation sites is 1. The van der Waals surface area contributed by atoms with Crippen LogP contribution in [0.1, 0.15) is 37.3 Å². The Balaban J connectivity index is 2.32. The van der Waals surface area contributed by atoms with Crippen molar-refractivity contribution in [1.82, 2.24) is 5.32 Å². The van der Waals surface area contributed by atoms with Gasteiger partial charge in [-0.2, -0.15) is 0 Å². The topological polar surface area (TPSA) is 38.3 Å². The number of benzene rings is 1. The van der Waals surface area contributed by atoms with E-state index in [0.29, 0.717) is 6.54 Å². The van der Waals surface area contributed by atoms with Gasteiger partial charge in [0.25, 0.3) is 0 Å². The lowest BCUT2D eigenvalue weighted by atomic mass is 9.99. The van der Waals surface area contributed by atoms with Crippen LogP contribution < -0.4 is 10.1 Å². The number of amides is 1. The van der Waals surface area contributed by atoms with Crippen LogP contribution in [0.3, 0.4) is 0 Å². The van der Waals surface area contributed by atoms with Crippen molar-refractivity contribution >= 4 is 17.5 Å². The van der Waals surface area contributed by atoms with E-state index in [9.17, 15) is 4.79 Å². The zero-order chi connectivity index (χ0) is 13.3. The standard InChI is InChI=1S/C14H18ClNO2/c1-4-16-13(17)11(15)10-7-5-6-9-8-14(2,3)18-12(9)10/h5-7,11H,4,8H2,1-3H3,(H,16,17). The van der Waals surface area contributed by atoms with Gasteiger partial charge in [0, 0.05) is 18.5 Å². The van der Waals surface area contributed by atoms with Crippen molar-refractivity contribution in [2.45, 2.75) is 38.2 Å². The van der Waals surface area contributed by atoms with Crippen LogP contribution in [-0.2, 0) is 11.2 Å². The molecule has 0 aromatic heterocycles. The summed E-state index contributed by atoms with van der Waals surface area (Å²) in [5, 5.41) is 2.03. The highest BCUT2D eigenvalue weighted by molar-refractivity contribution is 6.31. The Labute approximate surface area is 112 Å². The van der Waals surface area contributed by atoms with Gasteiger partial charge in [0.2, 0.25) is 5.91 Å². The monoisotopic (exact) mass is 267 g/mol. The first-order valence-corrected chi connectivity index (χ1v) is 6.61. The summed E-state index contributed by atoms with van der Waals surface area (Å²) in [7, 11) is 0. The number of hydrogen-bond donors (Lipinski definition) is 1. The second-order valence-corrected chi connectivity index (χ2v) is 5.57. The Morgan fingerprint density at radius 2 is 2.28 bits per heavy atom. The zero-order valence-corrected chi connectivity index (χ0v) is 11.7. The molecular formula is C14H18ClNO2. The van der Waals surface area contributed by atoms with Crippen LogP contribution in [0, 0.1) is 0 Å². The SMILES string of the molecule is CCNC(=O)C(Cl)c1cccc2c1OC(C)(C)C2. The fourth-order valence-corrected chi connectivity index (χ4v) is 2.49. The average molecular weight is 268 g/mol. The van der Waals surface area contributed by atoms with Gasteiger partial charge >= 0.3 is 0 Å². The Morgan fingerprint density at radius 1 is 1.56 bits per heavy atom. The van der Waals surface area contributed by atoms with Crippen molar-refractivity contribution in [1.29, 1.82) is 0 Å². The predicted octanol–water partition coefficient (Wildman–Crippen LogP) is 2.82. The van der Waals surface area contributed by atoms with Crippen molar-refractivity contribution < 1.29 is 9.53 Å². The van der Waals surface area contributed by atoms with Crippen LogP contribution in [-0.4, -0.2) is 18.1 Å². The van der Waals surface area contributed by atoms with Crippen LogP contribution in [0.15, 0.2) is 18.2 Å². The molecule has 18 heavy (non-hydrogen) atoms. The summed E-state index contributed by atoms with van der Waals surface area (Å²) in [6.07, 6.45) is 0.842. The average Bonchev–Trinajstić information content (AvgIpc) is 2.61. The molecule has 3 nitrogen and oxygen atoms in total. The van der Waals surface area contributed by atoms with Gasteiger partial charge in [-0.1, -0.05) is 18.2 Å². The molecule has 1 aliphatic rings. The van der Waals surface area contributed by atoms with Crippen molar-refractivity contribution in [3.05, 3.63) is 29.3 Å². The minimum Gasteiger partial charge on any atom is -0.487 e. The van der Waals surface area contributed by atoms with Gasteiger partial charge < -0.3 is 10.1 Å². The highest BCUT2D eigenvalue weighted by Crippen LogP contribution is 2.41. The molecule has 1 unspecified atom stereocenters. The van der Waals surface area contributed by atoms with Gasteiger partial charge in [-0.05, 0) is 26.3 Å². The van der Waals surface area contributed by atoms with E-state index in [-0.39, 0.29) is 11.5 Å². The van der Waals surface area contributed by atoms with E-state index in [4.69, 9.17) is 16.3 Å². The number of likely N-dealkylation sites (N-methyl/N-ethyl adjacent to an activating group) is 1. The summed E-state index contributed by atoms with van der Waals surface area (Å²) in [5.41, 5.74) is 1.65. The molecule has 2 rings (SSSR count). The number of ether oxygens (including phenoxy) is 1. The maximum absolute atomic E-state index is 11.8. The van der Waals surface area contributed by atoms with Gasteiger partial charge in [-0.15, -0.1) is 11.6 Å². The van der Waals surface area contributed by atoms with Gasteiger partial charge in [-0.3, -0.25) is 4.79 Å². The molecule has 0 fully saturated rings. The molecule has 1 N–H and O–H groups in total. The molecule has 1 aliphatic heterocycles. The maximum Gasteiger partial charge on any atom is 0.242 e. The van der Waals surface area contributed by atoms with Crippen LogP contribution in [0.5, 0.6) is 5.75 Å². The molecule has 1 heterocycles. The number of halogens is 1. The predicted molar refractivity (Wildman–Crippen MR) is 72.1 cm³/mol. The normalized spacial score (nSPS) is 17.8. The van der Waals surface area contributed by atoms with Crippen LogP contribution in [0.25, 0.3) is 0 Å². The molecule has 1 aromatic rings. The molecule has 0 aliphatic carbocycles. The van der Waals surface area contributed by atoms with Crippen LogP contribution >= 0.6 is 11.6 Å². The molecule has 0 radical (unpaired) electrons. The quantitative estimate of drug-likeness (QED) is 0.856. The first kappa shape index (κ1) is 13.2. The Morgan fingerprint density at radius 3 is 2.94 bits per heavy atom. The summed E-state index contributed by atoms with van der Waals surface area (Å²) >= 11 is 6.22. The number of hydrogen-bond acceptors (Lipinski definition) is 2. The highest BCUT2D eigenvalue weighted by atomic mass is 35.5. The second-order valence-electron chi connectivity index (χ2n) is 5.13. The molecule has 0 spiro atoms. The third kappa shape index (κ3) is 2.46. The van der Waals surface area contributed by atoms with Gasteiger partial charge in [0.05, 0.1) is 0 Å². The lowest BCUT2D eigenvalue weighted by Gasteiger charge is -2.19. The molecule has 1 atom stereocenters. The zero-order valence-electron chi connectivity index (χ0n) is 10.9. The van der Waals surface area contributed by atoms with Crippen molar-refractivity contribution in [3.63, 3.8) is 0 Å². The number of rotatable bonds is 3. The number of carbonyl (C=O) groups excluding carboxylic acids is 1. The Bertz CT molecular complexity index is 471. The van der Waals surface area contributed by atoms with E-state index in [1.807, 2.05) is 39.0 Å². The third-order valence-corrected chi connectivity index (χ3v) is 3.41. The molecule has 0 saturated carbocycles. The van der Waals surface area contributed by atoms with E-state index in [1.54, 1.807) is 0 Å². The lowest BCUT2D eigenvalue weighted by molar-refractivity contribution is -0.120. The molecule has 1 amide bonds. The van der Waals surface area contributed by atoms with Crippen LogP contribution in [0.2, 0.25) is 0 Å². The molecule has 0 bridgehead atoms. The summed E-state index contributed by atoms with van der Waals surface area (Å²) in [4.78, 5) is 11.8. The smallest absolute Gasteiger partial charge is 0.242 e. The summed E-state index contributed by atoms with van der Waals surface area (Å²) < 4.78 is 5.91. The first-order valence-electron chi connectivity index (χ1n) is 6.17. The second kappa shape index (κ2) is 4.81. The van der Waals surface area contributed by atoms with Crippen molar-refractivity contribution in [3.8, 4) is 5.75 Å². The number of nitrogens with one attached hydrogen (secondary N) is 1. The lowest BCUT2D eigenvalue weighted by Crippen LogP contribution is -2.27. The summed E-state index contributed by atoms with van der Waals surface area (Å²) in [5.74, 6) is 0.592. The van der Waals surface area contributed by atoms with Crippen LogP contribution in [0.4, 0.5) is 0 Å². The fraction of sp³-hybridized carbons (Fsp3) is 0.500. The molecule has 4 heteroatoms. The number of alkyl halides is 1. The largest absolute Gasteiger partial charge is 0.487 e. The van der Waals surface area contributed by atoms with E-state index in [1.165, 1.54) is 0 Å². The first-order chi connectivity index (χ1) is 8.44. The Kier molecular flexibility index (Phi) is 3.53. The Hall–Kier alpha value is -1.22. The molecule has 1 aromatic carbocycles. The molecular weight excluding hydrogens is 250 g/mol. The van der Waals surface area contributed by atoms with E-state index in [2.05, 4.69) is 5.32 Å². The number of carbonyl (C=O) groups is 1. The molecule has 98 valence electrons. The number of fused-ring (bicyclic) bond motifs is 1. The minimum absolute atomic E-state index is 0.180. The van der Waals surface area contributed by atoms with E-state index in [0.717, 1.165) is 23.3 Å². The van der Waals surface area contributed by atoms with E-state index >= 15 is 0 Å². The molecule has 0 saturated heterocycles. The highest BCUT2D eigenvalue weighted by Gasteiger charge is 2.34. The summed E-state index contributed by atoms with van der Waals surface area (Å²) in [6.45, 7) is 6.51. The minimum atomic E-state index is -0.700. The van der Waals surface area contributed by atoms with E-state index < -0.39 is 5.38 Å². The van der Waals surface area contributed by atoms with Gasteiger partial charge in [0.1, 0.15) is 16.7 Å². The maximum atomic E-state index is 11.8. The van der Waals surface area contributed by atoms with Crippen molar-refractivity contribution in [2.24, 2.45) is 0 Å². The third-order valence-electron chi connectivity index (χ3n) is 2.98. The van der Waals surface area contributed by atoms with Gasteiger partial charge in [-0.25, -0.2) is 0 Å². The fourth-order valence-electron chi connectivity index (χ4n) is 2.24.